The number of aryl methyl sites for hydroxylation is 1. The van der Waals surface area contributed by atoms with Gasteiger partial charge in [-0.25, -0.2) is 9.37 Å². The fourth-order valence-electron chi connectivity index (χ4n) is 2.17. The van der Waals surface area contributed by atoms with Crippen LogP contribution in [0, 0.1) is 5.82 Å². The fourth-order valence-corrected chi connectivity index (χ4v) is 3.52. The molecule has 94 valence electrons. The molecule has 1 heterocycles. The van der Waals surface area contributed by atoms with Crippen LogP contribution in [0.3, 0.4) is 0 Å². The second-order valence-corrected chi connectivity index (χ2v) is 5.88. The molecule has 0 spiro atoms. The number of hydrogen-bond acceptors (Lipinski definition) is 3. The highest BCUT2D eigenvalue weighted by atomic mass is 35.5. The van der Waals surface area contributed by atoms with E-state index in [1.54, 1.807) is 6.07 Å². The molecular weight excluding hydrogens is 273 g/mol. The molecule has 3 rings (SSSR count). The van der Waals surface area contributed by atoms with Gasteiger partial charge in [-0.15, -0.1) is 11.3 Å². The Bertz CT molecular complexity index is 599. The third-order valence-corrected chi connectivity index (χ3v) is 4.48. The minimum absolute atomic E-state index is 0.333. The highest BCUT2D eigenvalue weighted by Crippen LogP contribution is 2.38. The van der Waals surface area contributed by atoms with Gasteiger partial charge in [0, 0.05) is 15.5 Å². The van der Waals surface area contributed by atoms with Crippen LogP contribution in [-0.4, -0.2) is 10.1 Å². The topological polar surface area (TPSA) is 33.1 Å². The molecule has 0 saturated carbocycles. The van der Waals surface area contributed by atoms with E-state index in [0.29, 0.717) is 21.3 Å². The van der Waals surface area contributed by atoms with E-state index in [-0.39, 0.29) is 5.82 Å². The molecule has 1 aliphatic rings. The first-order valence-electron chi connectivity index (χ1n) is 5.78. The Morgan fingerprint density at radius 1 is 1.44 bits per heavy atom. The predicted octanol–water partition coefficient (Wildman–Crippen LogP) is 3.97. The summed E-state index contributed by atoms with van der Waals surface area (Å²) in [5, 5.41) is 11.0. The molecule has 2 nitrogen and oxygen atoms in total. The van der Waals surface area contributed by atoms with Gasteiger partial charge in [0.25, 0.3) is 0 Å². The third-order valence-electron chi connectivity index (χ3n) is 3.08. The summed E-state index contributed by atoms with van der Waals surface area (Å²) in [6.45, 7) is 0. The van der Waals surface area contributed by atoms with E-state index in [1.165, 1.54) is 23.5 Å². The Kier molecular flexibility index (Phi) is 3.09. The Morgan fingerprint density at radius 2 is 2.28 bits per heavy atom. The smallest absolute Gasteiger partial charge is 0.133 e. The first-order valence-corrected chi connectivity index (χ1v) is 6.97. The van der Waals surface area contributed by atoms with E-state index in [4.69, 9.17) is 11.6 Å². The summed E-state index contributed by atoms with van der Waals surface area (Å²) in [5.74, 6) is -0.333. The number of fused-ring (bicyclic) bond motifs is 1. The maximum atomic E-state index is 13.8. The Hall–Kier alpha value is -0.970. The molecule has 1 N–H and O–H groups in total. The Balaban J connectivity index is 2.10. The van der Waals surface area contributed by atoms with E-state index in [1.807, 2.05) is 0 Å². The van der Waals surface area contributed by atoms with Crippen LogP contribution in [0.25, 0.3) is 10.6 Å². The van der Waals surface area contributed by atoms with Crippen molar-refractivity contribution in [2.45, 2.75) is 25.4 Å². The first-order chi connectivity index (χ1) is 8.65. The lowest BCUT2D eigenvalue weighted by Gasteiger charge is -2.14. The SMILES string of the molecule is OC1CCCc2sc(-c3cc(Cl)ccc3F)nc21. The lowest BCUT2D eigenvalue weighted by Crippen LogP contribution is -2.07. The monoisotopic (exact) mass is 283 g/mol. The number of benzene rings is 1. The molecule has 0 saturated heterocycles. The summed E-state index contributed by atoms with van der Waals surface area (Å²) < 4.78 is 13.8. The Morgan fingerprint density at radius 3 is 3.06 bits per heavy atom. The van der Waals surface area contributed by atoms with Crippen molar-refractivity contribution in [2.24, 2.45) is 0 Å². The van der Waals surface area contributed by atoms with Crippen molar-refractivity contribution in [1.29, 1.82) is 0 Å². The maximum absolute atomic E-state index is 13.8. The molecular formula is C13H11ClFNOS. The van der Waals surface area contributed by atoms with Crippen LogP contribution in [0.5, 0.6) is 0 Å². The molecule has 0 amide bonds. The average Bonchev–Trinajstić information content (AvgIpc) is 2.77. The molecule has 18 heavy (non-hydrogen) atoms. The van der Waals surface area contributed by atoms with Crippen LogP contribution in [0.4, 0.5) is 4.39 Å². The van der Waals surface area contributed by atoms with Gasteiger partial charge >= 0.3 is 0 Å². The number of rotatable bonds is 1. The van der Waals surface area contributed by atoms with Gasteiger partial charge in [0.15, 0.2) is 0 Å². The van der Waals surface area contributed by atoms with E-state index < -0.39 is 6.10 Å². The summed E-state index contributed by atoms with van der Waals surface area (Å²) in [5.41, 5.74) is 1.12. The van der Waals surface area contributed by atoms with Gasteiger partial charge in [-0.1, -0.05) is 11.6 Å². The van der Waals surface area contributed by atoms with E-state index in [2.05, 4.69) is 4.98 Å². The second-order valence-electron chi connectivity index (χ2n) is 4.36. The van der Waals surface area contributed by atoms with Crippen LogP contribution in [0.15, 0.2) is 18.2 Å². The summed E-state index contributed by atoms with van der Waals surface area (Å²) >= 11 is 7.33. The lowest BCUT2D eigenvalue weighted by atomic mass is 10.0. The van der Waals surface area contributed by atoms with Crippen LogP contribution < -0.4 is 0 Å². The van der Waals surface area contributed by atoms with Crippen molar-refractivity contribution in [3.8, 4) is 10.6 Å². The molecule has 1 aliphatic carbocycles. The van der Waals surface area contributed by atoms with E-state index in [0.717, 1.165) is 24.1 Å². The van der Waals surface area contributed by atoms with Crippen molar-refractivity contribution < 1.29 is 9.50 Å². The van der Waals surface area contributed by atoms with Gasteiger partial charge in [-0.3, -0.25) is 0 Å². The van der Waals surface area contributed by atoms with E-state index >= 15 is 0 Å². The normalized spacial score (nSPS) is 18.7. The van der Waals surface area contributed by atoms with Crippen LogP contribution in [0.2, 0.25) is 5.02 Å². The maximum Gasteiger partial charge on any atom is 0.133 e. The predicted molar refractivity (Wildman–Crippen MR) is 70.4 cm³/mol. The molecule has 0 radical (unpaired) electrons. The molecule has 1 atom stereocenters. The van der Waals surface area contributed by atoms with Crippen molar-refractivity contribution >= 4 is 22.9 Å². The molecule has 0 fully saturated rings. The van der Waals surface area contributed by atoms with Gasteiger partial charge in [0.1, 0.15) is 10.8 Å². The number of thiazole rings is 1. The Labute approximate surface area is 113 Å². The quantitative estimate of drug-likeness (QED) is 0.859. The molecule has 1 unspecified atom stereocenters. The molecule has 2 aromatic rings. The van der Waals surface area contributed by atoms with Crippen LogP contribution in [-0.2, 0) is 6.42 Å². The molecule has 0 bridgehead atoms. The zero-order valence-corrected chi connectivity index (χ0v) is 11.1. The highest BCUT2D eigenvalue weighted by Gasteiger charge is 2.24. The van der Waals surface area contributed by atoms with Crippen molar-refractivity contribution in [1.82, 2.24) is 4.98 Å². The minimum Gasteiger partial charge on any atom is -0.387 e. The van der Waals surface area contributed by atoms with Crippen molar-refractivity contribution in [3.05, 3.63) is 39.6 Å². The number of halogens is 2. The van der Waals surface area contributed by atoms with Gasteiger partial charge in [-0.2, -0.15) is 0 Å². The minimum atomic E-state index is -0.513. The number of aliphatic hydroxyl groups excluding tert-OH is 1. The third kappa shape index (κ3) is 2.05. The van der Waals surface area contributed by atoms with Gasteiger partial charge in [-0.05, 0) is 37.5 Å². The summed E-state index contributed by atoms with van der Waals surface area (Å²) in [6, 6.07) is 4.44. The standard InChI is InChI=1S/C13H11ClFNOS/c14-7-4-5-9(15)8(6-7)13-16-12-10(17)2-1-3-11(12)18-13/h4-6,10,17H,1-3H2. The fraction of sp³-hybridized carbons (Fsp3) is 0.308. The zero-order valence-electron chi connectivity index (χ0n) is 9.49. The lowest BCUT2D eigenvalue weighted by molar-refractivity contribution is 0.153. The molecule has 1 aromatic heterocycles. The average molecular weight is 284 g/mol. The second kappa shape index (κ2) is 4.61. The van der Waals surface area contributed by atoms with Crippen molar-refractivity contribution in [2.75, 3.05) is 0 Å². The van der Waals surface area contributed by atoms with Gasteiger partial charge < -0.3 is 5.11 Å². The van der Waals surface area contributed by atoms with E-state index in [9.17, 15) is 9.50 Å². The highest BCUT2D eigenvalue weighted by molar-refractivity contribution is 7.15. The largest absolute Gasteiger partial charge is 0.387 e. The summed E-state index contributed by atoms with van der Waals surface area (Å²) in [6.07, 6.45) is 2.08. The summed E-state index contributed by atoms with van der Waals surface area (Å²) in [4.78, 5) is 5.43. The van der Waals surface area contributed by atoms with Crippen LogP contribution in [0.1, 0.15) is 29.5 Å². The number of aromatic nitrogens is 1. The zero-order chi connectivity index (χ0) is 12.7. The molecule has 0 aliphatic heterocycles. The van der Waals surface area contributed by atoms with Crippen LogP contribution >= 0.6 is 22.9 Å². The van der Waals surface area contributed by atoms with Gasteiger partial charge in [0.05, 0.1) is 11.8 Å². The van der Waals surface area contributed by atoms with Crippen molar-refractivity contribution in [3.63, 3.8) is 0 Å². The first kappa shape index (κ1) is 12.1. The number of hydrogen-bond donors (Lipinski definition) is 1. The number of aliphatic hydroxyl groups is 1. The molecule has 1 aromatic carbocycles. The number of nitrogens with zero attached hydrogens (tertiary/aromatic N) is 1. The summed E-state index contributed by atoms with van der Waals surface area (Å²) in [7, 11) is 0. The van der Waals surface area contributed by atoms with Gasteiger partial charge in [0.2, 0.25) is 0 Å². The molecule has 5 heteroatoms.